The summed E-state index contributed by atoms with van der Waals surface area (Å²) in [4.78, 5) is 11.1. The summed E-state index contributed by atoms with van der Waals surface area (Å²) in [6.45, 7) is 5.01. The standard InChI is InChI=1S/C13H16Cl2FNO2/c1-12(2,17)13(3,6-11(18)19)7-4-10(16)9(15)5-8(7)14/h4-5H,6,17H2,1-3H3,(H,18,19). The summed E-state index contributed by atoms with van der Waals surface area (Å²) in [5, 5.41) is 9.16. The molecule has 6 heteroatoms. The maximum atomic E-state index is 13.6. The molecule has 1 aromatic carbocycles. The molecule has 0 spiro atoms. The summed E-state index contributed by atoms with van der Waals surface area (Å²) in [6, 6.07) is 2.42. The van der Waals surface area contributed by atoms with Crippen LogP contribution in [-0.4, -0.2) is 16.6 Å². The minimum Gasteiger partial charge on any atom is -0.481 e. The van der Waals surface area contributed by atoms with E-state index >= 15 is 0 Å². The Kier molecular flexibility index (Phi) is 4.50. The molecule has 0 fully saturated rings. The number of halogens is 3. The van der Waals surface area contributed by atoms with Gasteiger partial charge < -0.3 is 10.8 Å². The fourth-order valence-electron chi connectivity index (χ4n) is 1.92. The molecule has 3 nitrogen and oxygen atoms in total. The maximum Gasteiger partial charge on any atom is 0.304 e. The van der Waals surface area contributed by atoms with Gasteiger partial charge in [0.05, 0.1) is 11.4 Å². The monoisotopic (exact) mass is 307 g/mol. The number of carbonyl (C=O) groups is 1. The largest absolute Gasteiger partial charge is 0.481 e. The van der Waals surface area contributed by atoms with Gasteiger partial charge in [0.2, 0.25) is 0 Å². The zero-order valence-electron chi connectivity index (χ0n) is 10.9. The van der Waals surface area contributed by atoms with Gasteiger partial charge in [-0.25, -0.2) is 4.39 Å². The Morgan fingerprint density at radius 1 is 1.32 bits per heavy atom. The molecule has 3 N–H and O–H groups in total. The van der Waals surface area contributed by atoms with Crippen LogP contribution in [0.2, 0.25) is 10.0 Å². The van der Waals surface area contributed by atoms with E-state index in [1.165, 1.54) is 6.07 Å². The summed E-state index contributed by atoms with van der Waals surface area (Å²) in [5.74, 6) is -1.69. The second kappa shape index (κ2) is 5.27. The van der Waals surface area contributed by atoms with Crippen LogP contribution in [0.3, 0.4) is 0 Å². The fraction of sp³-hybridized carbons (Fsp3) is 0.462. The Balaban J connectivity index is 3.50. The van der Waals surface area contributed by atoms with Gasteiger partial charge in [0.1, 0.15) is 5.82 Å². The van der Waals surface area contributed by atoms with Crippen molar-refractivity contribution in [3.8, 4) is 0 Å². The first-order valence-corrected chi connectivity index (χ1v) is 6.40. The van der Waals surface area contributed by atoms with Gasteiger partial charge in [0, 0.05) is 16.0 Å². The van der Waals surface area contributed by atoms with E-state index in [0.717, 1.165) is 6.07 Å². The normalized spacial score (nSPS) is 15.1. The second-order valence-electron chi connectivity index (χ2n) is 5.37. The summed E-state index contributed by atoms with van der Waals surface area (Å²) < 4.78 is 13.6. The molecule has 1 rings (SSSR count). The Hall–Kier alpha value is -0.840. The topological polar surface area (TPSA) is 63.3 Å². The highest BCUT2D eigenvalue weighted by Crippen LogP contribution is 2.41. The molecular weight excluding hydrogens is 292 g/mol. The molecular formula is C13H16Cl2FNO2. The lowest BCUT2D eigenvalue weighted by Gasteiger charge is -2.41. The molecule has 0 aliphatic carbocycles. The first-order chi connectivity index (χ1) is 8.49. The van der Waals surface area contributed by atoms with Gasteiger partial charge >= 0.3 is 5.97 Å². The van der Waals surface area contributed by atoms with Crippen LogP contribution in [0.5, 0.6) is 0 Å². The molecule has 106 valence electrons. The van der Waals surface area contributed by atoms with Gasteiger partial charge in [-0.15, -0.1) is 0 Å². The van der Waals surface area contributed by atoms with Crippen molar-refractivity contribution in [2.45, 2.75) is 38.1 Å². The second-order valence-corrected chi connectivity index (χ2v) is 6.18. The lowest BCUT2D eigenvalue weighted by molar-refractivity contribution is -0.139. The van der Waals surface area contributed by atoms with Crippen LogP contribution in [0.1, 0.15) is 32.8 Å². The third kappa shape index (κ3) is 3.19. The predicted octanol–water partition coefficient (Wildman–Crippen LogP) is 3.60. The summed E-state index contributed by atoms with van der Waals surface area (Å²) in [7, 11) is 0. The fourth-order valence-corrected chi connectivity index (χ4v) is 2.51. The highest BCUT2D eigenvalue weighted by Gasteiger charge is 2.43. The third-order valence-electron chi connectivity index (χ3n) is 3.53. The summed E-state index contributed by atoms with van der Waals surface area (Å²) in [6.07, 6.45) is -0.267. The van der Waals surface area contributed by atoms with Gasteiger partial charge in [-0.2, -0.15) is 0 Å². The van der Waals surface area contributed by atoms with Crippen LogP contribution in [0.15, 0.2) is 12.1 Å². The number of benzene rings is 1. The Morgan fingerprint density at radius 3 is 2.26 bits per heavy atom. The summed E-state index contributed by atoms with van der Waals surface area (Å²) >= 11 is 11.7. The lowest BCUT2D eigenvalue weighted by Crippen LogP contribution is -2.53. The van der Waals surface area contributed by atoms with Crippen LogP contribution in [0.4, 0.5) is 4.39 Å². The molecule has 1 unspecified atom stereocenters. The van der Waals surface area contributed by atoms with E-state index in [9.17, 15) is 9.18 Å². The smallest absolute Gasteiger partial charge is 0.304 e. The Labute approximate surface area is 121 Å². The minimum absolute atomic E-state index is 0.110. The van der Waals surface area contributed by atoms with Crippen molar-refractivity contribution in [1.82, 2.24) is 0 Å². The quantitative estimate of drug-likeness (QED) is 0.835. The zero-order chi connectivity index (χ0) is 15.0. The SMILES string of the molecule is CC(C)(N)C(C)(CC(=O)O)c1cc(F)c(Cl)cc1Cl. The number of rotatable bonds is 4. The van der Waals surface area contributed by atoms with Crippen molar-refractivity contribution < 1.29 is 14.3 Å². The number of aliphatic carboxylic acids is 1. The molecule has 19 heavy (non-hydrogen) atoms. The summed E-state index contributed by atoms with van der Waals surface area (Å²) in [5.41, 5.74) is 4.48. The highest BCUT2D eigenvalue weighted by atomic mass is 35.5. The van der Waals surface area contributed by atoms with Crippen molar-refractivity contribution in [2.24, 2.45) is 5.73 Å². The molecule has 1 aromatic rings. The number of hydrogen-bond acceptors (Lipinski definition) is 2. The van der Waals surface area contributed by atoms with Gasteiger partial charge in [0.15, 0.2) is 0 Å². The third-order valence-corrected chi connectivity index (χ3v) is 4.13. The molecule has 0 aromatic heterocycles. The highest BCUT2D eigenvalue weighted by molar-refractivity contribution is 6.35. The first-order valence-electron chi connectivity index (χ1n) is 5.65. The van der Waals surface area contributed by atoms with Crippen LogP contribution in [-0.2, 0) is 10.2 Å². The predicted molar refractivity (Wildman–Crippen MR) is 74.3 cm³/mol. The van der Waals surface area contributed by atoms with Crippen molar-refractivity contribution >= 4 is 29.2 Å². The average Bonchev–Trinajstić information content (AvgIpc) is 2.20. The van der Waals surface area contributed by atoms with Crippen molar-refractivity contribution in [3.05, 3.63) is 33.6 Å². The van der Waals surface area contributed by atoms with E-state index in [1.54, 1.807) is 20.8 Å². The molecule has 0 aliphatic rings. The number of carboxylic acid groups (broad SMARTS) is 1. The Morgan fingerprint density at radius 2 is 1.84 bits per heavy atom. The Bertz CT molecular complexity index is 514. The van der Waals surface area contributed by atoms with E-state index < -0.39 is 22.7 Å². The molecule has 0 saturated heterocycles. The van der Waals surface area contributed by atoms with E-state index in [-0.39, 0.29) is 16.5 Å². The van der Waals surface area contributed by atoms with E-state index in [4.69, 9.17) is 34.0 Å². The van der Waals surface area contributed by atoms with Crippen LogP contribution >= 0.6 is 23.2 Å². The zero-order valence-corrected chi connectivity index (χ0v) is 12.4. The van der Waals surface area contributed by atoms with Crippen molar-refractivity contribution in [3.63, 3.8) is 0 Å². The van der Waals surface area contributed by atoms with Gasteiger partial charge in [-0.1, -0.05) is 30.1 Å². The van der Waals surface area contributed by atoms with Crippen molar-refractivity contribution in [1.29, 1.82) is 0 Å². The van der Waals surface area contributed by atoms with Crippen molar-refractivity contribution in [2.75, 3.05) is 0 Å². The van der Waals surface area contributed by atoms with Gasteiger partial charge in [0.25, 0.3) is 0 Å². The van der Waals surface area contributed by atoms with E-state index in [1.807, 2.05) is 0 Å². The number of carboxylic acids is 1. The number of nitrogens with two attached hydrogens (primary N) is 1. The van der Waals surface area contributed by atoms with Crippen LogP contribution in [0.25, 0.3) is 0 Å². The first kappa shape index (κ1) is 16.2. The minimum atomic E-state index is -1.03. The van der Waals surface area contributed by atoms with Crippen LogP contribution < -0.4 is 5.73 Å². The molecule has 0 bridgehead atoms. The van der Waals surface area contributed by atoms with E-state index in [2.05, 4.69) is 0 Å². The van der Waals surface area contributed by atoms with E-state index in [0.29, 0.717) is 5.56 Å². The molecule has 0 aliphatic heterocycles. The molecule has 0 saturated carbocycles. The molecule has 0 heterocycles. The number of hydrogen-bond donors (Lipinski definition) is 2. The molecule has 1 atom stereocenters. The maximum absolute atomic E-state index is 13.6. The molecule has 0 amide bonds. The molecule has 0 radical (unpaired) electrons. The van der Waals surface area contributed by atoms with Crippen LogP contribution in [0, 0.1) is 5.82 Å². The van der Waals surface area contributed by atoms with Gasteiger partial charge in [-0.05, 0) is 31.5 Å². The average molecular weight is 308 g/mol. The lowest BCUT2D eigenvalue weighted by atomic mass is 9.66. The van der Waals surface area contributed by atoms with Gasteiger partial charge in [-0.3, -0.25) is 4.79 Å².